The van der Waals surface area contributed by atoms with Crippen molar-refractivity contribution in [1.82, 2.24) is 0 Å². The molecule has 0 amide bonds. The number of fused-ring (bicyclic) bond motifs is 5. The molecule has 160 valence electrons. The van der Waals surface area contributed by atoms with Gasteiger partial charge in [0.2, 0.25) is 0 Å². The van der Waals surface area contributed by atoms with Crippen LogP contribution in [0.5, 0.6) is 0 Å². The average Bonchev–Trinajstić information content (AvgIpc) is 3.03. The van der Waals surface area contributed by atoms with Gasteiger partial charge in [0.15, 0.2) is 0 Å². The molecular weight excluding hydrogens is 348 g/mol. The number of hydrogen-bond acceptors (Lipinski definition) is 3. The average molecular weight is 391 g/mol. The minimum Gasteiger partial charge on any atom is -0.469 e. The van der Waals surface area contributed by atoms with E-state index in [2.05, 4.69) is 13.8 Å². The van der Waals surface area contributed by atoms with E-state index in [0.717, 1.165) is 36.0 Å². The van der Waals surface area contributed by atoms with Crippen molar-refractivity contribution < 1.29 is 14.3 Å². The molecule has 4 aliphatic carbocycles. The Morgan fingerprint density at radius 2 is 1.75 bits per heavy atom. The number of esters is 1. The van der Waals surface area contributed by atoms with E-state index in [1.807, 2.05) is 7.11 Å². The van der Waals surface area contributed by atoms with Gasteiger partial charge in [0.05, 0.1) is 13.2 Å². The van der Waals surface area contributed by atoms with Crippen molar-refractivity contribution in [2.45, 2.75) is 97.0 Å². The second kappa shape index (κ2) is 7.93. The third-order valence-electron chi connectivity index (χ3n) is 10.2. The Labute approximate surface area is 172 Å². The fourth-order valence-electron chi connectivity index (χ4n) is 8.66. The minimum absolute atomic E-state index is 0.0496. The van der Waals surface area contributed by atoms with E-state index in [-0.39, 0.29) is 5.97 Å². The molecule has 8 atom stereocenters. The van der Waals surface area contributed by atoms with Crippen LogP contribution < -0.4 is 0 Å². The van der Waals surface area contributed by atoms with Crippen LogP contribution in [0.4, 0.5) is 0 Å². The van der Waals surface area contributed by atoms with Gasteiger partial charge in [-0.1, -0.05) is 26.7 Å². The molecule has 4 fully saturated rings. The van der Waals surface area contributed by atoms with E-state index < -0.39 is 0 Å². The van der Waals surface area contributed by atoms with E-state index in [4.69, 9.17) is 9.47 Å². The van der Waals surface area contributed by atoms with Gasteiger partial charge in [-0.15, -0.1) is 0 Å². The van der Waals surface area contributed by atoms with Gasteiger partial charge in [-0.3, -0.25) is 4.79 Å². The Morgan fingerprint density at radius 3 is 2.50 bits per heavy atom. The summed E-state index contributed by atoms with van der Waals surface area (Å²) in [5.74, 6) is 4.05. The molecule has 0 heterocycles. The molecule has 0 bridgehead atoms. The standard InChI is InChI=1S/C25H42O3/c1-24-14-6-5-8-18(24)16-21(27-3)23-19-12-11-17(9-7-10-22(26)28-4)25(19,2)15-13-20(23)24/h17-21,23H,5-16H2,1-4H3. The number of hydrogen-bond donors (Lipinski definition) is 0. The smallest absolute Gasteiger partial charge is 0.305 e. The Morgan fingerprint density at radius 1 is 0.964 bits per heavy atom. The number of carbonyl (C=O) groups excluding carboxylic acids is 1. The zero-order valence-corrected chi connectivity index (χ0v) is 18.7. The van der Waals surface area contributed by atoms with Gasteiger partial charge in [0.1, 0.15) is 0 Å². The zero-order chi connectivity index (χ0) is 19.9. The van der Waals surface area contributed by atoms with E-state index in [1.165, 1.54) is 71.3 Å². The highest BCUT2D eigenvalue weighted by atomic mass is 16.5. The van der Waals surface area contributed by atoms with Crippen molar-refractivity contribution in [3.8, 4) is 0 Å². The van der Waals surface area contributed by atoms with Crippen LogP contribution in [-0.2, 0) is 14.3 Å². The Balaban J connectivity index is 1.52. The van der Waals surface area contributed by atoms with Gasteiger partial charge in [0.25, 0.3) is 0 Å². The number of ether oxygens (including phenoxy) is 2. The molecule has 4 saturated carbocycles. The topological polar surface area (TPSA) is 35.5 Å². The van der Waals surface area contributed by atoms with Crippen molar-refractivity contribution in [1.29, 1.82) is 0 Å². The van der Waals surface area contributed by atoms with Gasteiger partial charge in [0, 0.05) is 13.5 Å². The van der Waals surface area contributed by atoms with Gasteiger partial charge in [-0.05, 0) is 98.2 Å². The van der Waals surface area contributed by atoms with Crippen LogP contribution in [0.1, 0.15) is 90.9 Å². The summed E-state index contributed by atoms with van der Waals surface area (Å²) in [6.45, 7) is 5.23. The predicted octanol–water partition coefficient (Wildman–Crippen LogP) is 6.00. The second-order valence-corrected chi connectivity index (χ2v) is 11.0. The quantitative estimate of drug-likeness (QED) is 0.540. The first-order valence-electron chi connectivity index (χ1n) is 12.0. The molecule has 8 unspecified atom stereocenters. The normalized spacial score (nSPS) is 47.7. The summed E-state index contributed by atoms with van der Waals surface area (Å²) in [5, 5.41) is 0. The molecule has 4 rings (SSSR count). The molecular formula is C25H42O3. The van der Waals surface area contributed by atoms with Gasteiger partial charge in [-0.25, -0.2) is 0 Å². The van der Waals surface area contributed by atoms with Crippen molar-refractivity contribution in [2.24, 2.45) is 40.4 Å². The summed E-state index contributed by atoms with van der Waals surface area (Å²) in [4.78, 5) is 11.5. The van der Waals surface area contributed by atoms with Crippen LogP contribution in [0.15, 0.2) is 0 Å². The molecule has 0 radical (unpaired) electrons. The molecule has 0 N–H and O–H groups in total. The second-order valence-electron chi connectivity index (χ2n) is 11.0. The van der Waals surface area contributed by atoms with Crippen molar-refractivity contribution in [3.05, 3.63) is 0 Å². The van der Waals surface area contributed by atoms with E-state index in [9.17, 15) is 4.79 Å². The number of methoxy groups -OCH3 is 2. The van der Waals surface area contributed by atoms with E-state index in [0.29, 0.717) is 23.4 Å². The van der Waals surface area contributed by atoms with Crippen molar-refractivity contribution in [2.75, 3.05) is 14.2 Å². The lowest BCUT2D eigenvalue weighted by Gasteiger charge is -2.62. The summed E-state index contributed by atoms with van der Waals surface area (Å²) >= 11 is 0. The number of carbonyl (C=O) groups is 1. The predicted molar refractivity (Wildman–Crippen MR) is 112 cm³/mol. The molecule has 0 aromatic heterocycles. The Bertz CT molecular complexity index is 574. The molecule has 4 aliphatic rings. The summed E-state index contributed by atoms with van der Waals surface area (Å²) in [6.07, 6.45) is 15.8. The van der Waals surface area contributed by atoms with Crippen molar-refractivity contribution >= 4 is 5.97 Å². The lowest BCUT2D eigenvalue weighted by molar-refractivity contribution is -0.171. The maximum atomic E-state index is 11.5. The van der Waals surface area contributed by atoms with E-state index in [1.54, 1.807) is 0 Å². The van der Waals surface area contributed by atoms with Crippen LogP contribution >= 0.6 is 0 Å². The first-order valence-corrected chi connectivity index (χ1v) is 12.0. The summed E-state index contributed by atoms with van der Waals surface area (Å²) in [7, 11) is 3.48. The van der Waals surface area contributed by atoms with Crippen LogP contribution in [0.2, 0.25) is 0 Å². The largest absolute Gasteiger partial charge is 0.469 e. The molecule has 28 heavy (non-hydrogen) atoms. The third kappa shape index (κ3) is 3.24. The highest BCUT2D eigenvalue weighted by molar-refractivity contribution is 5.68. The molecule has 3 heteroatoms. The summed E-state index contributed by atoms with van der Waals surface area (Å²) in [5.41, 5.74) is 1.01. The van der Waals surface area contributed by atoms with Crippen LogP contribution in [0, 0.1) is 40.4 Å². The lowest BCUT2D eigenvalue weighted by Crippen LogP contribution is -2.58. The first-order chi connectivity index (χ1) is 13.4. The lowest BCUT2D eigenvalue weighted by atomic mass is 9.44. The maximum absolute atomic E-state index is 11.5. The monoisotopic (exact) mass is 390 g/mol. The molecule has 0 aliphatic heterocycles. The molecule has 0 aromatic carbocycles. The van der Waals surface area contributed by atoms with Crippen LogP contribution in [-0.4, -0.2) is 26.3 Å². The fourth-order valence-corrected chi connectivity index (χ4v) is 8.66. The summed E-state index contributed by atoms with van der Waals surface area (Å²) < 4.78 is 11.1. The van der Waals surface area contributed by atoms with Gasteiger partial charge < -0.3 is 9.47 Å². The SMILES string of the molecule is COC(=O)CCCC1CCC2C3C(OC)CC4CCCCC4(C)C3CCC12C. The minimum atomic E-state index is -0.0496. The molecule has 0 saturated heterocycles. The molecule has 0 aromatic rings. The number of rotatable bonds is 5. The maximum Gasteiger partial charge on any atom is 0.305 e. The van der Waals surface area contributed by atoms with Crippen molar-refractivity contribution in [3.63, 3.8) is 0 Å². The summed E-state index contributed by atoms with van der Waals surface area (Å²) in [6, 6.07) is 0. The fraction of sp³-hybridized carbons (Fsp3) is 0.960. The molecule has 3 nitrogen and oxygen atoms in total. The Hall–Kier alpha value is -0.570. The highest BCUT2D eigenvalue weighted by Gasteiger charge is 2.62. The van der Waals surface area contributed by atoms with Gasteiger partial charge in [-0.2, -0.15) is 0 Å². The third-order valence-corrected chi connectivity index (χ3v) is 10.2. The van der Waals surface area contributed by atoms with Crippen LogP contribution in [0.25, 0.3) is 0 Å². The first kappa shape index (κ1) is 20.7. The zero-order valence-electron chi connectivity index (χ0n) is 18.7. The van der Waals surface area contributed by atoms with Gasteiger partial charge >= 0.3 is 5.97 Å². The Kier molecular flexibility index (Phi) is 5.86. The highest BCUT2D eigenvalue weighted by Crippen LogP contribution is 2.68. The van der Waals surface area contributed by atoms with Crippen LogP contribution in [0.3, 0.4) is 0 Å². The van der Waals surface area contributed by atoms with E-state index >= 15 is 0 Å². The molecule has 0 spiro atoms.